The van der Waals surface area contributed by atoms with Gasteiger partial charge < -0.3 is 5.32 Å². The smallest absolute Gasteiger partial charge is 0.321 e. The summed E-state index contributed by atoms with van der Waals surface area (Å²) in [5.41, 5.74) is 4.76. The van der Waals surface area contributed by atoms with Crippen molar-refractivity contribution >= 4 is 34.6 Å². The van der Waals surface area contributed by atoms with Crippen molar-refractivity contribution in [2.75, 3.05) is 12.3 Å². The first-order valence-electron chi connectivity index (χ1n) is 11.2. The van der Waals surface area contributed by atoms with Crippen LogP contribution in [0, 0.1) is 6.92 Å². The van der Waals surface area contributed by atoms with E-state index in [-0.39, 0.29) is 5.75 Å². The number of allylic oxidation sites excluding steroid dienone is 1. The van der Waals surface area contributed by atoms with Gasteiger partial charge >= 0.3 is 6.03 Å². The molecule has 0 aliphatic heterocycles. The quantitative estimate of drug-likeness (QED) is 0.279. The van der Waals surface area contributed by atoms with Crippen molar-refractivity contribution in [2.45, 2.75) is 25.5 Å². The van der Waals surface area contributed by atoms with Crippen molar-refractivity contribution in [1.29, 1.82) is 0 Å². The molecule has 0 fully saturated rings. The summed E-state index contributed by atoms with van der Waals surface area (Å²) in [5, 5.41) is 15.2. The maximum atomic E-state index is 12.2. The second kappa shape index (κ2) is 11.0. The number of carbonyl (C=O) groups is 2. The van der Waals surface area contributed by atoms with E-state index in [4.69, 9.17) is 4.98 Å². The second-order valence-electron chi connectivity index (χ2n) is 7.84. The average Bonchev–Trinajstić information content (AvgIpc) is 3.25. The van der Waals surface area contributed by atoms with Crippen LogP contribution in [0.5, 0.6) is 0 Å². The van der Waals surface area contributed by atoms with E-state index in [1.807, 2.05) is 34.9 Å². The lowest BCUT2D eigenvalue weighted by Gasteiger charge is -2.12. The molecule has 0 unspecified atom stereocenters. The molecule has 4 rings (SSSR count). The van der Waals surface area contributed by atoms with Crippen molar-refractivity contribution in [3.8, 4) is 22.6 Å². The van der Waals surface area contributed by atoms with Gasteiger partial charge in [0.2, 0.25) is 5.91 Å². The molecular weight excluding hydrogens is 460 g/mol. The summed E-state index contributed by atoms with van der Waals surface area (Å²) in [6, 6.07) is 17.7. The number of aromatic nitrogens is 4. The van der Waals surface area contributed by atoms with Gasteiger partial charge in [-0.05, 0) is 26.0 Å². The van der Waals surface area contributed by atoms with Crippen LogP contribution < -0.4 is 10.6 Å². The van der Waals surface area contributed by atoms with Crippen molar-refractivity contribution in [3.05, 3.63) is 72.8 Å². The molecule has 2 heterocycles. The number of imide groups is 1. The van der Waals surface area contributed by atoms with Crippen molar-refractivity contribution in [1.82, 2.24) is 30.4 Å². The Balaban J connectivity index is 1.72. The summed E-state index contributed by atoms with van der Waals surface area (Å²) in [6.45, 7) is 8.60. The van der Waals surface area contributed by atoms with Crippen LogP contribution in [0.15, 0.2) is 72.4 Å². The highest BCUT2D eigenvalue weighted by Gasteiger charge is 2.19. The number of benzene rings is 2. The molecule has 0 aliphatic rings. The number of amides is 3. The average molecular weight is 487 g/mol. The molecule has 0 bridgehead atoms. The summed E-state index contributed by atoms with van der Waals surface area (Å²) in [5.74, 6) is 0.271. The summed E-state index contributed by atoms with van der Waals surface area (Å²) < 4.78 is 1.91. The normalized spacial score (nSPS) is 10.8. The van der Waals surface area contributed by atoms with E-state index in [1.165, 1.54) is 17.3 Å². The van der Waals surface area contributed by atoms with E-state index in [2.05, 4.69) is 58.6 Å². The van der Waals surface area contributed by atoms with Gasteiger partial charge in [0.05, 0.1) is 17.0 Å². The molecule has 2 aromatic carbocycles. The first kappa shape index (κ1) is 24.2. The fourth-order valence-corrected chi connectivity index (χ4v) is 4.37. The minimum absolute atomic E-state index is 0.0259. The number of thioether (sulfide) groups is 1. The molecule has 0 aliphatic carbocycles. The summed E-state index contributed by atoms with van der Waals surface area (Å²) in [7, 11) is 0. The second-order valence-corrected chi connectivity index (χ2v) is 8.78. The van der Waals surface area contributed by atoms with Crippen molar-refractivity contribution < 1.29 is 9.59 Å². The summed E-state index contributed by atoms with van der Waals surface area (Å²) >= 11 is 1.21. The predicted octanol–water partition coefficient (Wildman–Crippen LogP) is 4.59. The summed E-state index contributed by atoms with van der Waals surface area (Å²) in [6.07, 6.45) is 1.76. The van der Waals surface area contributed by atoms with Gasteiger partial charge in [0, 0.05) is 29.6 Å². The molecule has 0 spiro atoms. The minimum atomic E-state index is -0.516. The molecule has 4 aromatic rings. The van der Waals surface area contributed by atoms with Gasteiger partial charge in [0.15, 0.2) is 11.0 Å². The van der Waals surface area contributed by atoms with E-state index in [1.54, 1.807) is 13.0 Å². The summed E-state index contributed by atoms with van der Waals surface area (Å²) in [4.78, 5) is 28.7. The van der Waals surface area contributed by atoms with Gasteiger partial charge in [-0.3, -0.25) is 14.7 Å². The third-order valence-electron chi connectivity index (χ3n) is 5.26. The van der Waals surface area contributed by atoms with E-state index in [0.717, 1.165) is 27.7 Å². The number of hydrogen-bond donors (Lipinski definition) is 2. The first-order valence-corrected chi connectivity index (χ1v) is 12.2. The molecule has 178 valence electrons. The number of carbonyl (C=O) groups excluding carboxylic acids is 2. The molecule has 0 radical (unpaired) electrons. The highest BCUT2D eigenvalue weighted by atomic mass is 32.2. The lowest BCUT2D eigenvalue weighted by molar-refractivity contribution is -0.117. The Hall–Kier alpha value is -3.98. The van der Waals surface area contributed by atoms with Crippen LogP contribution in [-0.4, -0.2) is 44.0 Å². The molecular formula is C26H26N6O2S. The highest BCUT2D eigenvalue weighted by molar-refractivity contribution is 7.99. The van der Waals surface area contributed by atoms with Crippen LogP contribution in [0.1, 0.15) is 12.5 Å². The SMILES string of the molecule is C=CCn1c(SCC(=O)NC(=O)NCC)nnc1-c1cc(-c2ccc(C)cc2)nc2ccccc12. The first-order chi connectivity index (χ1) is 17.0. The lowest BCUT2D eigenvalue weighted by Crippen LogP contribution is -2.40. The van der Waals surface area contributed by atoms with Gasteiger partial charge in [-0.15, -0.1) is 16.8 Å². The Morgan fingerprint density at radius 1 is 1.11 bits per heavy atom. The maximum Gasteiger partial charge on any atom is 0.321 e. The number of rotatable bonds is 8. The standard InChI is InChI=1S/C26H26N6O2S/c1-4-14-32-24(30-31-26(32)35-16-23(33)29-25(34)27-5-2)20-15-22(18-12-10-17(3)11-13-18)28-21-9-7-6-8-19(20)21/h4,6-13,15H,1,5,14,16H2,2-3H3,(H2,27,29,33,34). The van der Waals surface area contributed by atoms with Gasteiger partial charge in [0.25, 0.3) is 0 Å². The Morgan fingerprint density at radius 3 is 2.63 bits per heavy atom. The van der Waals surface area contributed by atoms with E-state index >= 15 is 0 Å². The Labute approximate surface area is 207 Å². The number of urea groups is 1. The number of hydrogen-bond acceptors (Lipinski definition) is 6. The zero-order valence-corrected chi connectivity index (χ0v) is 20.4. The Bertz CT molecular complexity index is 1380. The zero-order chi connectivity index (χ0) is 24.8. The number of aryl methyl sites for hydroxylation is 1. The molecule has 2 N–H and O–H groups in total. The molecule has 35 heavy (non-hydrogen) atoms. The van der Waals surface area contributed by atoms with Crippen LogP contribution in [0.2, 0.25) is 0 Å². The number of nitrogens with one attached hydrogen (secondary N) is 2. The van der Waals surface area contributed by atoms with Crippen molar-refractivity contribution in [3.63, 3.8) is 0 Å². The van der Waals surface area contributed by atoms with Crippen LogP contribution in [0.4, 0.5) is 4.79 Å². The van der Waals surface area contributed by atoms with Gasteiger partial charge in [-0.2, -0.15) is 0 Å². The minimum Gasteiger partial charge on any atom is -0.338 e. The number of para-hydroxylation sites is 1. The van der Waals surface area contributed by atoms with Gasteiger partial charge in [0.1, 0.15) is 0 Å². The molecule has 9 heteroatoms. The third kappa shape index (κ3) is 5.58. The van der Waals surface area contributed by atoms with Crippen LogP contribution >= 0.6 is 11.8 Å². The third-order valence-corrected chi connectivity index (χ3v) is 6.22. The molecule has 8 nitrogen and oxygen atoms in total. The Kier molecular flexibility index (Phi) is 7.57. The Morgan fingerprint density at radius 2 is 1.89 bits per heavy atom. The molecule has 2 aromatic heterocycles. The lowest BCUT2D eigenvalue weighted by atomic mass is 10.0. The predicted molar refractivity (Wildman–Crippen MR) is 139 cm³/mol. The highest BCUT2D eigenvalue weighted by Crippen LogP contribution is 2.33. The topological polar surface area (TPSA) is 102 Å². The van der Waals surface area contributed by atoms with Crippen molar-refractivity contribution in [2.24, 2.45) is 0 Å². The van der Waals surface area contributed by atoms with Crippen LogP contribution in [0.25, 0.3) is 33.5 Å². The van der Waals surface area contributed by atoms with Gasteiger partial charge in [-0.1, -0.05) is 65.9 Å². The molecule has 0 saturated carbocycles. The van der Waals surface area contributed by atoms with E-state index in [0.29, 0.717) is 24.1 Å². The monoisotopic (exact) mass is 486 g/mol. The molecule has 3 amide bonds. The van der Waals surface area contributed by atoms with E-state index in [9.17, 15) is 9.59 Å². The van der Waals surface area contributed by atoms with Crippen LogP contribution in [0.3, 0.4) is 0 Å². The fraction of sp³-hybridized carbons (Fsp3) is 0.192. The molecule has 0 saturated heterocycles. The number of nitrogens with zero attached hydrogens (tertiary/aromatic N) is 4. The van der Waals surface area contributed by atoms with E-state index < -0.39 is 11.9 Å². The van der Waals surface area contributed by atoms with Gasteiger partial charge in [-0.25, -0.2) is 9.78 Å². The zero-order valence-electron chi connectivity index (χ0n) is 19.6. The number of pyridine rings is 1. The largest absolute Gasteiger partial charge is 0.338 e. The molecule has 0 atom stereocenters. The van der Waals surface area contributed by atoms with Crippen LogP contribution in [-0.2, 0) is 11.3 Å². The number of fused-ring (bicyclic) bond motifs is 1. The fourth-order valence-electron chi connectivity index (χ4n) is 3.62. The maximum absolute atomic E-state index is 12.2.